The Labute approximate surface area is 182 Å². The standard InChI is InChI=1S/C22H32N4O3S/c1-5-28-18-11-10-17(15-19(18)29-6-2)16(3)26-22(23-4)25-13-8-12-24-21(27)20-9-7-14-30-20/h7,9-11,14-16H,5-6,8,12-13H2,1-4H3,(H,24,27)(H2,23,25,26). The molecule has 1 atom stereocenters. The number of nitrogens with zero attached hydrogens (tertiary/aromatic N) is 1. The van der Waals surface area contributed by atoms with Gasteiger partial charge in [0, 0.05) is 20.1 Å². The van der Waals surface area contributed by atoms with E-state index in [9.17, 15) is 4.79 Å². The molecular formula is C22H32N4O3S. The third-order valence-corrected chi connectivity index (χ3v) is 5.19. The summed E-state index contributed by atoms with van der Waals surface area (Å²) in [5.74, 6) is 2.18. The predicted octanol–water partition coefficient (Wildman–Crippen LogP) is 3.59. The van der Waals surface area contributed by atoms with Crippen LogP contribution in [0.2, 0.25) is 0 Å². The molecular weight excluding hydrogens is 400 g/mol. The quantitative estimate of drug-likeness (QED) is 0.287. The smallest absolute Gasteiger partial charge is 0.261 e. The monoisotopic (exact) mass is 432 g/mol. The molecule has 0 aliphatic rings. The van der Waals surface area contributed by atoms with Gasteiger partial charge < -0.3 is 25.4 Å². The topological polar surface area (TPSA) is 84.0 Å². The minimum atomic E-state index is -0.0262. The van der Waals surface area contributed by atoms with Crippen LogP contribution in [0.5, 0.6) is 11.5 Å². The van der Waals surface area contributed by atoms with Crippen molar-refractivity contribution < 1.29 is 14.3 Å². The summed E-state index contributed by atoms with van der Waals surface area (Å²) < 4.78 is 11.3. The summed E-state index contributed by atoms with van der Waals surface area (Å²) in [6.07, 6.45) is 0.795. The lowest BCUT2D eigenvalue weighted by Gasteiger charge is -2.20. The summed E-state index contributed by atoms with van der Waals surface area (Å²) in [6.45, 7) is 8.46. The first-order valence-electron chi connectivity index (χ1n) is 10.3. The number of nitrogens with one attached hydrogen (secondary N) is 3. The van der Waals surface area contributed by atoms with E-state index in [1.807, 2.05) is 49.6 Å². The number of thiophene rings is 1. The summed E-state index contributed by atoms with van der Waals surface area (Å²) >= 11 is 1.44. The number of carbonyl (C=O) groups excluding carboxylic acids is 1. The molecule has 0 fully saturated rings. The highest BCUT2D eigenvalue weighted by Crippen LogP contribution is 2.30. The number of rotatable bonds is 11. The fourth-order valence-corrected chi connectivity index (χ4v) is 3.45. The largest absolute Gasteiger partial charge is 0.490 e. The molecule has 1 aromatic heterocycles. The Morgan fingerprint density at radius 3 is 2.50 bits per heavy atom. The number of carbonyl (C=O) groups is 1. The van der Waals surface area contributed by atoms with E-state index in [4.69, 9.17) is 9.47 Å². The van der Waals surface area contributed by atoms with Crippen molar-refractivity contribution in [1.29, 1.82) is 0 Å². The van der Waals surface area contributed by atoms with Crippen LogP contribution >= 0.6 is 11.3 Å². The van der Waals surface area contributed by atoms with Gasteiger partial charge >= 0.3 is 0 Å². The molecule has 30 heavy (non-hydrogen) atoms. The van der Waals surface area contributed by atoms with Crippen LogP contribution in [0.3, 0.4) is 0 Å². The Morgan fingerprint density at radius 2 is 1.83 bits per heavy atom. The maximum atomic E-state index is 11.9. The molecule has 0 saturated carbocycles. The fourth-order valence-electron chi connectivity index (χ4n) is 2.81. The lowest BCUT2D eigenvalue weighted by molar-refractivity contribution is 0.0957. The first-order valence-corrected chi connectivity index (χ1v) is 11.1. The van der Waals surface area contributed by atoms with Gasteiger partial charge in [0.25, 0.3) is 5.91 Å². The molecule has 0 bridgehead atoms. The van der Waals surface area contributed by atoms with E-state index in [0.29, 0.717) is 32.3 Å². The Balaban J connectivity index is 1.80. The second kappa shape index (κ2) is 12.7. The number of guanidine groups is 1. The molecule has 0 spiro atoms. The second-order valence-corrected chi connectivity index (χ2v) is 7.47. The van der Waals surface area contributed by atoms with E-state index < -0.39 is 0 Å². The van der Waals surface area contributed by atoms with Crippen LogP contribution < -0.4 is 25.4 Å². The highest BCUT2D eigenvalue weighted by Gasteiger charge is 2.12. The van der Waals surface area contributed by atoms with Crippen molar-refractivity contribution in [1.82, 2.24) is 16.0 Å². The van der Waals surface area contributed by atoms with E-state index in [-0.39, 0.29) is 11.9 Å². The number of benzene rings is 1. The van der Waals surface area contributed by atoms with E-state index >= 15 is 0 Å². The maximum Gasteiger partial charge on any atom is 0.261 e. The number of hydrogen-bond donors (Lipinski definition) is 3. The van der Waals surface area contributed by atoms with Crippen molar-refractivity contribution in [3.8, 4) is 11.5 Å². The van der Waals surface area contributed by atoms with Crippen LogP contribution in [0.15, 0.2) is 40.7 Å². The minimum Gasteiger partial charge on any atom is -0.490 e. The molecule has 0 aliphatic heterocycles. The average Bonchev–Trinajstić information content (AvgIpc) is 3.29. The van der Waals surface area contributed by atoms with Gasteiger partial charge in [0.15, 0.2) is 17.5 Å². The van der Waals surface area contributed by atoms with Crippen molar-refractivity contribution in [2.45, 2.75) is 33.2 Å². The third-order valence-electron chi connectivity index (χ3n) is 4.32. The molecule has 7 nitrogen and oxygen atoms in total. The van der Waals surface area contributed by atoms with Gasteiger partial charge in [-0.1, -0.05) is 12.1 Å². The lowest BCUT2D eigenvalue weighted by atomic mass is 10.1. The van der Waals surface area contributed by atoms with E-state index in [0.717, 1.165) is 28.4 Å². The van der Waals surface area contributed by atoms with Gasteiger partial charge in [-0.2, -0.15) is 0 Å². The van der Waals surface area contributed by atoms with E-state index in [1.165, 1.54) is 11.3 Å². The zero-order valence-corrected chi connectivity index (χ0v) is 19.0. The van der Waals surface area contributed by atoms with Crippen LogP contribution in [-0.4, -0.2) is 45.2 Å². The fraction of sp³-hybridized carbons (Fsp3) is 0.455. The van der Waals surface area contributed by atoms with Crippen LogP contribution in [0.4, 0.5) is 0 Å². The number of aliphatic imine (C=N–C) groups is 1. The normalized spacial score (nSPS) is 12.2. The van der Waals surface area contributed by atoms with Gasteiger partial charge in [-0.3, -0.25) is 9.79 Å². The van der Waals surface area contributed by atoms with Crippen molar-refractivity contribution >= 4 is 23.2 Å². The zero-order valence-electron chi connectivity index (χ0n) is 18.2. The number of hydrogen-bond acceptors (Lipinski definition) is 5. The molecule has 1 aromatic carbocycles. The Morgan fingerprint density at radius 1 is 1.10 bits per heavy atom. The van der Waals surface area contributed by atoms with E-state index in [1.54, 1.807) is 7.05 Å². The summed E-state index contributed by atoms with van der Waals surface area (Å²) in [5.41, 5.74) is 1.08. The van der Waals surface area contributed by atoms with Crippen LogP contribution in [-0.2, 0) is 0 Å². The summed E-state index contributed by atoms with van der Waals surface area (Å²) in [5, 5.41) is 11.5. The van der Waals surface area contributed by atoms with Gasteiger partial charge in [-0.15, -0.1) is 11.3 Å². The van der Waals surface area contributed by atoms with Gasteiger partial charge in [0.1, 0.15) is 0 Å². The van der Waals surface area contributed by atoms with Gasteiger partial charge in [0.05, 0.1) is 24.1 Å². The van der Waals surface area contributed by atoms with Gasteiger partial charge in [-0.25, -0.2) is 0 Å². The first-order chi connectivity index (χ1) is 14.6. The summed E-state index contributed by atoms with van der Waals surface area (Å²) in [7, 11) is 1.74. The Kier molecular flexibility index (Phi) is 10.00. The van der Waals surface area contributed by atoms with Crippen molar-refractivity contribution in [3.63, 3.8) is 0 Å². The number of ether oxygens (including phenoxy) is 2. The van der Waals surface area contributed by atoms with Crippen molar-refractivity contribution in [2.75, 3.05) is 33.4 Å². The molecule has 0 radical (unpaired) electrons. The molecule has 1 heterocycles. The zero-order chi connectivity index (χ0) is 21.8. The lowest BCUT2D eigenvalue weighted by Crippen LogP contribution is -2.40. The van der Waals surface area contributed by atoms with Crippen molar-refractivity contribution in [2.24, 2.45) is 4.99 Å². The minimum absolute atomic E-state index is 0.0262. The molecule has 0 saturated heterocycles. The first kappa shape index (κ1) is 23.5. The average molecular weight is 433 g/mol. The molecule has 0 aliphatic carbocycles. The molecule has 1 unspecified atom stereocenters. The molecule has 2 rings (SSSR count). The number of amides is 1. The highest BCUT2D eigenvalue weighted by molar-refractivity contribution is 7.12. The Hall–Kier alpha value is -2.74. The molecule has 2 aromatic rings. The second-order valence-electron chi connectivity index (χ2n) is 6.52. The van der Waals surface area contributed by atoms with Gasteiger partial charge in [0.2, 0.25) is 0 Å². The van der Waals surface area contributed by atoms with Crippen LogP contribution in [0, 0.1) is 0 Å². The van der Waals surface area contributed by atoms with E-state index in [2.05, 4.69) is 27.9 Å². The molecule has 8 heteroatoms. The third kappa shape index (κ3) is 7.26. The summed E-state index contributed by atoms with van der Waals surface area (Å²) in [4.78, 5) is 16.9. The Bertz CT molecular complexity index is 809. The highest BCUT2D eigenvalue weighted by atomic mass is 32.1. The molecule has 164 valence electrons. The molecule has 1 amide bonds. The van der Waals surface area contributed by atoms with Gasteiger partial charge in [-0.05, 0) is 56.3 Å². The molecule has 3 N–H and O–H groups in total. The SMILES string of the molecule is CCOc1ccc(C(C)NC(=NC)NCCCNC(=O)c2cccs2)cc1OCC. The summed E-state index contributed by atoms with van der Waals surface area (Å²) in [6, 6.07) is 9.69. The van der Waals surface area contributed by atoms with Crippen LogP contribution in [0.25, 0.3) is 0 Å². The maximum absolute atomic E-state index is 11.9. The van der Waals surface area contributed by atoms with Crippen LogP contribution in [0.1, 0.15) is 48.5 Å². The predicted molar refractivity (Wildman–Crippen MR) is 123 cm³/mol. The van der Waals surface area contributed by atoms with Crippen molar-refractivity contribution in [3.05, 3.63) is 46.2 Å².